The minimum Gasteiger partial charge on any atom is -0.334 e. The van der Waals surface area contributed by atoms with Gasteiger partial charge in [0.25, 0.3) is 0 Å². The lowest BCUT2D eigenvalue weighted by Crippen LogP contribution is -2.30. The van der Waals surface area contributed by atoms with Gasteiger partial charge in [-0.15, -0.1) is 11.3 Å². The van der Waals surface area contributed by atoms with Gasteiger partial charge in [-0.25, -0.2) is 4.98 Å². The topological polar surface area (TPSA) is 33.2 Å². The molecule has 0 N–H and O–H groups in total. The summed E-state index contributed by atoms with van der Waals surface area (Å²) >= 11 is 1.64. The zero-order valence-electron chi connectivity index (χ0n) is 8.49. The van der Waals surface area contributed by atoms with Crippen LogP contribution in [0.25, 0.3) is 0 Å². The first-order valence-corrected chi connectivity index (χ1v) is 5.73. The van der Waals surface area contributed by atoms with E-state index in [1.807, 2.05) is 17.2 Å². The molecule has 1 aromatic rings. The van der Waals surface area contributed by atoms with Crippen LogP contribution in [0.1, 0.15) is 30.5 Å². The summed E-state index contributed by atoms with van der Waals surface area (Å²) in [6.45, 7) is 4.31. The van der Waals surface area contributed by atoms with Gasteiger partial charge in [0.1, 0.15) is 0 Å². The van der Waals surface area contributed by atoms with Gasteiger partial charge >= 0.3 is 0 Å². The van der Waals surface area contributed by atoms with E-state index in [-0.39, 0.29) is 5.91 Å². The van der Waals surface area contributed by atoms with Crippen LogP contribution in [-0.2, 0) is 11.3 Å². The number of thiazole rings is 1. The standard InChI is InChI=1S/C10H14N2OS/c1-7-11-9(6-14-7)5-12(8(2)13)10-3-4-10/h6,10H,3-5H2,1-2H3. The Labute approximate surface area is 87.8 Å². The Bertz CT molecular complexity index is 344. The highest BCUT2D eigenvalue weighted by molar-refractivity contribution is 7.09. The van der Waals surface area contributed by atoms with Crippen molar-refractivity contribution >= 4 is 17.2 Å². The lowest BCUT2D eigenvalue weighted by atomic mass is 10.4. The minimum atomic E-state index is 0.165. The highest BCUT2D eigenvalue weighted by Crippen LogP contribution is 2.28. The van der Waals surface area contributed by atoms with Gasteiger partial charge in [0.2, 0.25) is 5.91 Å². The van der Waals surface area contributed by atoms with Crippen LogP contribution in [0.5, 0.6) is 0 Å². The third kappa shape index (κ3) is 2.12. The maximum atomic E-state index is 11.3. The van der Waals surface area contributed by atoms with E-state index in [0.29, 0.717) is 12.6 Å². The van der Waals surface area contributed by atoms with Crippen LogP contribution in [0.4, 0.5) is 0 Å². The summed E-state index contributed by atoms with van der Waals surface area (Å²) in [6.07, 6.45) is 2.31. The van der Waals surface area contributed by atoms with E-state index in [9.17, 15) is 4.79 Å². The molecule has 0 radical (unpaired) electrons. The molecular formula is C10H14N2OS. The summed E-state index contributed by atoms with van der Waals surface area (Å²) in [5, 5.41) is 3.10. The van der Waals surface area contributed by atoms with Crippen LogP contribution in [0, 0.1) is 6.92 Å². The molecule has 3 nitrogen and oxygen atoms in total. The molecule has 76 valence electrons. The van der Waals surface area contributed by atoms with Crippen LogP contribution < -0.4 is 0 Å². The van der Waals surface area contributed by atoms with Crippen molar-refractivity contribution in [2.24, 2.45) is 0 Å². The quantitative estimate of drug-likeness (QED) is 0.764. The van der Waals surface area contributed by atoms with Gasteiger partial charge in [-0.1, -0.05) is 0 Å². The second kappa shape index (κ2) is 3.69. The molecule has 1 aliphatic rings. The van der Waals surface area contributed by atoms with Crippen molar-refractivity contribution in [3.05, 3.63) is 16.1 Å². The molecule has 4 heteroatoms. The third-order valence-electron chi connectivity index (χ3n) is 2.39. The van der Waals surface area contributed by atoms with Gasteiger partial charge in [0, 0.05) is 18.3 Å². The SMILES string of the molecule is CC(=O)N(Cc1csc(C)n1)C1CC1. The number of aromatic nitrogens is 1. The molecule has 1 aromatic heterocycles. The normalized spacial score (nSPS) is 15.6. The van der Waals surface area contributed by atoms with E-state index in [1.165, 1.54) is 0 Å². The highest BCUT2D eigenvalue weighted by Gasteiger charge is 2.31. The number of carbonyl (C=O) groups is 1. The van der Waals surface area contributed by atoms with Crippen molar-refractivity contribution < 1.29 is 4.79 Å². The van der Waals surface area contributed by atoms with Crippen LogP contribution in [-0.4, -0.2) is 21.8 Å². The second-order valence-electron chi connectivity index (χ2n) is 3.74. The molecule has 1 fully saturated rings. The molecule has 0 bridgehead atoms. The Hall–Kier alpha value is -0.900. The number of hydrogen-bond donors (Lipinski definition) is 0. The smallest absolute Gasteiger partial charge is 0.220 e. The first kappa shape index (κ1) is 9.65. The Morgan fingerprint density at radius 2 is 2.43 bits per heavy atom. The van der Waals surface area contributed by atoms with E-state index < -0.39 is 0 Å². The van der Waals surface area contributed by atoms with Crippen LogP contribution in [0.2, 0.25) is 0 Å². The van der Waals surface area contributed by atoms with Crippen LogP contribution in [0.3, 0.4) is 0 Å². The molecule has 1 saturated carbocycles. The predicted octanol–water partition coefficient (Wildman–Crippen LogP) is 1.96. The zero-order valence-corrected chi connectivity index (χ0v) is 9.30. The van der Waals surface area contributed by atoms with Gasteiger partial charge in [-0.05, 0) is 19.8 Å². The van der Waals surface area contributed by atoms with Crippen molar-refractivity contribution in [2.45, 2.75) is 39.3 Å². The number of nitrogens with zero attached hydrogens (tertiary/aromatic N) is 2. The zero-order chi connectivity index (χ0) is 10.1. The third-order valence-corrected chi connectivity index (χ3v) is 3.21. The fourth-order valence-corrected chi connectivity index (χ4v) is 2.14. The Morgan fingerprint density at radius 3 is 2.86 bits per heavy atom. The van der Waals surface area contributed by atoms with Gasteiger partial charge < -0.3 is 4.90 Å². The van der Waals surface area contributed by atoms with Crippen molar-refractivity contribution in [1.29, 1.82) is 0 Å². The lowest BCUT2D eigenvalue weighted by Gasteiger charge is -2.18. The average molecular weight is 210 g/mol. The second-order valence-corrected chi connectivity index (χ2v) is 4.80. The Kier molecular flexibility index (Phi) is 2.54. The maximum absolute atomic E-state index is 11.3. The number of rotatable bonds is 3. The Balaban J connectivity index is 2.03. The van der Waals surface area contributed by atoms with Gasteiger partial charge in [-0.3, -0.25) is 4.79 Å². The summed E-state index contributed by atoms with van der Waals surface area (Å²) in [5.41, 5.74) is 1.02. The monoisotopic (exact) mass is 210 g/mol. The van der Waals surface area contributed by atoms with Crippen LogP contribution in [0.15, 0.2) is 5.38 Å². The number of carbonyl (C=O) groups excluding carboxylic acids is 1. The fraction of sp³-hybridized carbons (Fsp3) is 0.600. The van der Waals surface area contributed by atoms with E-state index in [0.717, 1.165) is 23.5 Å². The molecule has 1 aliphatic carbocycles. The Morgan fingerprint density at radius 1 is 1.71 bits per heavy atom. The van der Waals surface area contributed by atoms with Gasteiger partial charge in [0.05, 0.1) is 17.2 Å². The van der Waals surface area contributed by atoms with Crippen molar-refractivity contribution in [3.8, 4) is 0 Å². The van der Waals surface area contributed by atoms with E-state index in [1.54, 1.807) is 18.3 Å². The van der Waals surface area contributed by atoms with E-state index in [2.05, 4.69) is 4.98 Å². The first-order chi connectivity index (χ1) is 6.66. The molecule has 0 unspecified atom stereocenters. The molecule has 2 rings (SSSR count). The molecule has 0 saturated heterocycles. The molecule has 0 spiro atoms. The summed E-state index contributed by atoms with van der Waals surface area (Å²) in [6, 6.07) is 0.481. The highest BCUT2D eigenvalue weighted by atomic mass is 32.1. The molecule has 1 amide bonds. The molecule has 1 heterocycles. The predicted molar refractivity (Wildman–Crippen MR) is 56.1 cm³/mol. The van der Waals surface area contributed by atoms with Gasteiger partial charge in [-0.2, -0.15) is 0 Å². The summed E-state index contributed by atoms with van der Waals surface area (Å²) in [7, 11) is 0. The number of aryl methyl sites for hydroxylation is 1. The van der Waals surface area contributed by atoms with Crippen LogP contribution >= 0.6 is 11.3 Å². The maximum Gasteiger partial charge on any atom is 0.220 e. The average Bonchev–Trinajstić information content (AvgIpc) is 2.86. The molecular weight excluding hydrogens is 196 g/mol. The van der Waals surface area contributed by atoms with Crippen molar-refractivity contribution in [3.63, 3.8) is 0 Å². The summed E-state index contributed by atoms with van der Waals surface area (Å²) < 4.78 is 0. The first-order valence-electron chi connectivity index (χ1n) is 4.85. The fourth-order valence-electron chi connectivity index (χ4n) is 1.54. The molecule has 0 aliphatic heterocycles. The van der Waals surface area contributed by atoms with E-state index >= 15 is 0 Å². The van der Waals surface area contributed by atoms with Crippen molar-refractivity contribution in [1.82, 2.24) is 9.88 Å². The van der Waals surface area contributed by atoms with Gasteiger partial charge in [0.15, 0.2) is 0 Å². The summed E-state index contributed by atoms with van der Waals surface area (Å²) in [5.74, 6) is 0.165. The van der Waals surface area contributed by atoms with Crippen molar-refractivity contribution in [2.75, 3.05) is 0 Å². The largest absolute Gasteiger partial charge is 0.334 e. The van der Waals surface area contributed by atoms with E-state index in [4.69, 9.17) is 0 Å². The molecule has 0 aromatic carbocycles. The lowest BCUT2D eigenvalue weighted by molar-refractivity contribution is -0.130. The number of amides is 1. The molecule has 0 atom stereocenters. The summed E-state index contributed by atoms with van der Waals surface area (Å²) in [4.78, 5) is 17.6. The molecule has 14 heavy (non-hydrogen) atoms. The minimum absolute atomic E-state index is 0.165. The number of hydrogen-bond acceptors (Lipinski definition) is 3.